The molecule has 3 rings (SSSR count). The van der Waals surface area contributed by atoms with E-state index < -0.39 is 0 Å². The number of carbonyl (C=O) groups excluding carboxylic acids is 1. The maximum atomic E-state index is 12.1. The fraction of sp³-hybridized carbons (Fsp3) is 0.538. The van der Waals surface area contributed by atoms with Crippen molar-refractivity contribution in [3.8, 4) is 0 Å². The van der Waals surface area contributed by atoms with Crippen LogP contribution in [-0.4, -0.2) is 42.0 Å². The molecule has 17 heavy (non-hydrogen) atoms. The topological polar surface area (TPSA) is 45.2 Å². The molecular formula is C13H17N3O. The van der Waals surface area contributed by atoms with Crippen LogP contribution in [-0.2, 0) is 11.2 Å². The highest BCUT2D eigenvalue weighted by atomic mass is 16.2. The van der Waals surface area contributed by atoms with Crippen LogP contribution in [0.2, 0.25) is 0 Å². The molecule has 4 heteroatoms. The van der Waals surface area contributed by atoms with Crippen LogP contribution in [0.1, 0.15) is 5.56 Å². The molecule has 2 saturated heterocycles. The Balaban J connectivity index is 1.61. The van der Waals surface area contributed by atoms with E-state index >= 15 is 0 Å². The zero-order chi connectivity index (χ0) is 11.7. The van der Waals surface area contributed by atoms with Gasteiger partial charge in [0.15, 0.2) is 0 Å². The molecule has 2 atom stereocenters. The third-order valence-corrected chi connectivity index (χ3v) is 3.82. The van der Waals surface area contributed by atoms with Gasteiger partial charge in [-0.3, -0.25) is 9.78 Å². The molecule has 0 aromatic carbocycles. The number of rotatable bonds is 2. The fourth-order valence-electron chi connectivity index (χ4n) is 2.85. The number of likely N-dealkylation sites (tertiary alicyclic amines) is 1. The molecule has 0 saturated carbocycles. The van der Waals surface area contributed by atoms with Crippen LogP contribution in [0.3, 0.4) is 0 Å². The van der Waals surface area contributed by atoms with Crippen LogP contribution in [0.4, 0.5) is 0 Å². The first kappa shape index (κ1) is 10.7. The van der Waals surface area contributed by atoms with Crippen molar-refractivity contribution in [3.05, 3.63) is 30.1 Å². The van der Waals surface area contributed by atoms with Crippen LogP contribution in [0.5, 0.6) is 0 Å². The van der Waals surface area contributed by atoms with Crippen molar-refractivity contribution in [2.75, 3.05) is 26.2 Å². The Morgan fingerprint density at radius 2 is 2.18 bits per heavy atom. The molecule has 1 amide bonds. The van der Waals surface area contributed by atoms with Crippen LogP contribution in [0.15, 0.2) is 24.5 Å². The zero-order valence-electron chi connectivity index (χ0n) is 9.80. The number of fused-ring (bicyclic) bond motifs is 1. The summed E-state index contributed by atoms with van der Waals surface area (Å²) < 4.78 is 0. The Hall–Kier alpha value is -1.42. The Kier molecular flexibility index (Phi) is 2.81. The number of hydrogen-bond donors (Lipinski definition) is 1. The molecule has 0 bridgehead atoms. The number of nitrogens with one attached hydrogen (secondary N) is 1. The van der Waals surface area contributed by atoms with Crippen molar-refractivity contribution < 1.29 is 4.79 Å². The number of hydrogen-bond acceptors (Lipinski definition) is 3. The summed E-state index contributed by atoms with van der Waals surface area (Å²) in [6.07, 6.45) is 4.00. The van der Waals surface area contributed by atoms with Gasteiger partial charge >= 0.3 is 0 Å². The second kappa shape index (κ2) is 4.45. The van der Waals surface area contributed by atoms with Crippen molar-refractivity contribution in [1.29, 1.82) is 0 Å². The van der Waals surface area contributed by atoms with Crippen LogP contribution < -0.4 is 5.32 Å². The van der Waals surface area contributed by atoms with Gasteiger partial charge in [-0.25, -0.2) is 0 Å². The molecule has 2 aliphatic heterocycles. The van der Waals surface area contributed by atoms with Crippen molar-refractivity contribution in [3.63, 3.8) is 0 Å². The molecule has 3 heterocycles. The Morgan fingerprint density at radius 3 is 2.82 bits per heavy atom. The van der Waals surface area contributed by atoms with E-state index in [1.165, 1.54) is 0 Å². The zero-order valence-corrected chi connectivity index (χ0v) is 9.80. The van der Waals surface area contributed by atoms with Gasteiger partial charge in [0.1, 0.15) is 0 Å². The monoisotopic (exact) mass is 231 g/mol. The van der Waals surface area contributed by atoms with Gasteiger partial charge in [0.05, 0.1) is 6.42 Å². The molecular weight excluding hydrogens is 214 g/mol. The van der Waals surface area contributed by atoms with E-state index in [0.717, 1.165) is 31.7 Å². The van der Waals surface area contributed by atoms with Gasteiger partial charge in [0.2, 0.25) is 5.91 Å². The van der Waals surface area contributed by atoms with E-state index in [1.807, 2.05) is 17.0 Å². The summed E-state index contributed by atoms with van der Waals surface area (Å²) in [7, 11) is 0. The van der Waals surface area contributed by atoms with E-state index in [1.54, 1.807) is 12.4 Å². The number of carbonyl (C=O) groups is 1. The lowest BCUT2D eigenvalue weighted by Crippen LogP contribution is -2.32. The molecule has 0 radical (unpaired) electrons. The Morgan fingerprint density at radius 1 is 1.41 bits per heavy atom. The summed E-state index contributed by atoms with van der Waals surface area (Å²) in [6, 6.07) is 3.84. The minimum Gasteiger partial charge on any atom is -0.342 e. The average Bonchev–Trinajstić information content (AvgIpc) is 2.90. The molecule has 2 fully saturated rings. The summed E-state index contributed by atoms with van der Waals surface area (Å²) in [5, 5.41) is 3.39. The van der Waals surface area contributed by atoms with Crippen molar-refractivity contribution >= 4 is 5.91 Å². The highest BCUT2D eigenvalue weighted by molar-refractivity contribution is 5.79. The molecule has 1 N–H and O–H groups in total. The minimum absolute atomic E-state index is 0.243. The molecule has 1 aromatic rings. The summed E-state index contributed by atoms with van der Waals surface area (Å²) in [6.45, 7) is 4.00. The van der Waals surface area contributed by atoms with Gasteiger partial charge < -0.3 is 10.2 Å². The van der Waals surface area contributed by atoms with Gasteiger partial charge in [-0.2, -0.15) is 0 Å². The quantitative estimate of drug-likeness (QED) is 0.796. The standard InChI is InChI=1S/C13H17N3O/c17-13(4-10-2-1-3-14-5-10)16-8-11-6-15-7-12(11)9-16/h1-3,5,11-12,15H,4,6-9H2/t11-,12+. The van der Waals surface area contributed by atoms with Crippen molar-refractivity contribution in [1.82, 2.24) is 15.2 Å². The average molecular weight is 231 g/mol. The lowest BCUT2D eigenvalue weighted by Gasteiger charge is -2.17. The highest BCUT2D eigenvalue weighted by Gasteiger charge is 2.37. The largest absolute Gasteiger partial charge is 0.342 e. The first-order valence-corrected chi connectivity index (χ1v) is 6.20. The molecule has 2 aliphatic rings. The molecule has 0 unspecified atom stereocenters. The van der Waals surface area contributed by atoms with E-state index in [-0.39, 0.29) is 5.91 Å². The van der Waals surface area contributed by atoms with Gasteiger partial charge in [-0.05, 0) is 23.5 Å². The van der Waals surface area contributed by atoms with Gasteiger partial charge in [-0.1, -0.05) is 6.07 Å². The minimum atomic E-state index is 0.243. The SMILES string of the molecule is O=C(Cc1cccnc1)N1C[C@H]2CNC[C@H]2C1. The molecule has 90 valence electrons. The lowest BCUT2D eigenvalue weighted by molar-refractivity contribution is -0.129. The van der Waals surface area contributed by atoms with Gasteiger partial charge in [-0.15, -0.1) is 0 Å². The summed E-state index contributed by atoms with van der Waals surface area (Å²) in [5.41, 5.74) is 1.01. The van der Waals surface area contributed by atoms with Crippen molar-refractivity contribution in [2.24, 2.45) is 11.8 Å². The molecule has 1 aromatic heterocycles. The summed E-state index contributed by atoms with van der Waals surface area (Å²) >= 11 is 0. The maximum absolute atomic E-state index is 12.1. The fourth-order valence-corrected chi connectivity index (χ4v) is 2.85. The smallest absolute Gasteiger partial charge is 0.227 e. The predicted molar refractivity (Wildman–Crippen MR) is 64.4 cm³/mol. The normalized spacial score (nSPS) is 27.2. The van der Waals surface area contributed by atoms with Gasteiger partial charge in [0, 0.05) is 38.6 Å². The van der Waals surface area contributed by atoms with Crippen molar-refractivity contribution in [2.45, 2.75) is 6.42 Å². The van der Waals surface area contributed by atoms with E-state index in [2.05, 4.69) is 10.3 Å². The molecule has 0 spiro atoms. The summed E-state index contributed by atoms with van der Waals surface area (Å²) in [4.78, 5) is 18.2. The van der Waals surface area contributed by atoms with E-state index in [0.29, 0.717) is 18.3 Å². The number of pyridine rings is 1. The second-order valence-electron chi connectivity index (χ2n) is 5.02. The summed E-state index contributed by atoms with van der Waals surface area (Å²) in [5.74, 6) is 1.59. The van der Waals surface area contributed by atoms with Gasteiger partial charge in [0.25, 0.3) is 0 Å². The van der Waals surface area contributed by atoms with E-state index in [9.17, 15) is 4.79 Å². The number of amides is 1. The third-order valence-electron chi connectivity index (χ3n) is 3.82. The maximum Gasteiger partial charge on any atom is 0.227 e. The predicted octanol–water partition coefficient (Wildman–Crippen LogP) is 0.302. The number of nitrogens with zero attached hydrogens (tertiary/aromatic N) is 2. The highest BCUT2D eigenvalue weighted by Crippen LogP contribution is 2.26. The molecule has 0 aliphatic carbocycles. The van der Waals surface area contributed by atoms with E-state index in [4.69, 9.17) is 0 Å². The number of aromatic nitrogens is 1. The third kappa shape index (κ3) is 2.17. The molecule has 4 nitrogen and oxygen atoms in total. The lowest BCUT2D eigenvalue weighted by atomic mass is 10.0. The van der Waals surface area contributed by atoms with Crippen LogP contribution >= 0.6 is 0 Å². The van der Waals surface area contributed by atoms with Crippen LogP contribution in [0.25, 0.3) is 0 Å². The van der Waals surface area contributed by atoms with Crippen LogP contribution in [0, 0.1) is 11.8 Å². The Bertz CT molecular complexity index is 394. The first-order valence-electron chi connectivity index (χ1n) is 6.20. The Labute approximate surface area is 101 Å². The first-order chi connectivity index (χ1) is 8.33. The second-order valence-corrected chi connectivity index (χ2v) is 5.02.